The summed E-state index contributed by atoms with van der Waals surface area (Å²) in [6.45, 7) is 4.84. The van der Waals surface area contributed by atoms with Gasteiger partial charge in [0.15, 0.2) is 5.78 Å². The lowest BCUT2D eigenvalue weighted by Gasteiger charge is -2.38. The lowest BCUT2D eigenvalue weighted by molar-refractivity contribution is -0.151. The summed E-state index contributed by atoms with van der Waals surface area (Å²) in [6.07, 6.45) is -4.48. The summed E-state index contributed by atoms with van der Waals surface area (Å²) in [4.78, 5) is 38.7. The van der Waals surface area contributed by atoms with Crippen molar-refractivity contribution in [3.8, 4) is 0 Å². The highest BCUT2D eigenvalue weighted by Gasteiger charge is 2.49. The van der Waals surface area contributed by atoms with Gasteiger partial charge in [0.1, 0.15) is 5.92 Å². The van der Waals surface area contributed by atoms with Crippen molar-refractivity contribution in [2.24, 2.45) is 11.8 Å². The van der Waals surface area contributed by atoms with Crippen LogP contribution in [0.5, 0.6) is 0 Å². The van der Waals surface area contributed by atoms with E-state index in [4.69, 9.17) is 9.47 Å². The predicted octanol–water partition coefficient (Wildman–Crippen LogP) is 3.88. The minimum atomic E-state index is -4.72. The number of ketones is 1. The SMILES string of the molecule is CCOC(=O)C1=C(C)NC2=C(C(=O)[C@@H](C(=O)OC)[C@H](C)C2)[C@H]1c1ccccc1C(F)(F)F. The van der Waals surface area contributed by atoms with Gasteiger partial charge >= 0.3 is 18.1 Å². The van der Waals surface area contributed by atoms with Crippen molar-refractivity contribution in [3.05, 3.63) is 57.9 Å². The van der Waals surface area contributed by atoms with Gasteiger partial charge in [0.25, 0.3) is 0 Å². The molecule has 9 heteroatoms. The van der Waals surface area contributed by atoms with Crippen LogP contribution in [-0.4, -0.2) is 31.4 Å². The maximum atomic E-state index is 13.9. The maximum Gasteiger partial charge on any atom is 0.416 e. The summed E-state index contributed by atoms with van der Waals surface area (Å²) < 4.78 is 51.6. The number of carbonyl (C=O) groups excluding carboxylic acids is 3. The molecule has 1 aliphatic heterocycles. The van der Waals surface area contributed by atoms with Crippen molar-refractivity contribution >= 4 is 17.7 Å². The number of carbonyl (C=O) groups is 3. The molecule has 0 fully saturated rings. The van der Waals surface area contributed by atoms with E-state index in [2.05, 4.69) is 5.32 Å². The fourth-order valence-electron chi connectivity index (χ4n) is 4.48. The molecule has 0 bridgehead atoms. The third kappa shape index (κ3) is 4.03. The molecule has 0 spiro atoms. The average molecular weight is 451 g/mol. The van der Waals surface area contributed by atoms with E-state index in [9.17, 15) is 27.6 Å². The number of hydrogen-bond donors (Lipinski definition) is 1. The fraction of sp³-hybridized carbons (Fsp3) is 0.435. The zero-order valence-electron chi connectivity index (χ0n) is 18.1. The van der Waals surface area contributed by atoms with Crippen molar-refractivity contribution in [1.29, 1.82) is 0 Å². The first-order valence-corrected chi connectivity index (χ1v) is 10.2. The Kier molecular flexibility index (Phi) is 6.48. The minimum absolute atomic E-state index is 0.00488. The first kappa shape index (κ1) is 23.6. The Hall–Kier alpha value is -3.10. The van der Waals surface area contributed by atoms with Gasteiger partial charge in [0, 0.05) is 22.9 Å². The summed E-state index contributed by atoms with van der Waals surface area (Å²) in [7, 11) is 1.15. The van der Waals surface area contributed by atoms with Gasteiger partial charge in [-0.05, 0) is 37.8 Å². The van der Waals surface area contributed by atoms with Gasteiger partial charge in [0.2, 0.25) is 0 Å². The standard InChI is InChI=1S/C23H24F3NO5/c1-5-32-22(30)17-12(3)27-15-10-11(2)16(21(29)31-4)20(28)19(15)18(17)13-8-6-7-9-14(13)23(24,25)26/h6-9,11,16,18,27H,5,10H2,1-4H3/t11-,16+,18+/m1/s1. The van der Waals surface area contributed by atoms with Crippen molar-refractivity contribution in [1.82, 2.24) is 5.32 Å². The minimum Gasteiger partial charge on any atom is -0.468 e. The predicted molar refractivity (Wildman–Crippen MR) is 108 cm³/mol. The first-order chi connectivity index (χ1) is 15.0. The summed E-state index contributed by atoms with van der Waals surface area (Å²) in [6, 6.07) is 4.81. The van der Waals surface area contributed by atoms with E-state index in [0.29, 0.717) is 11.4 Å². The first-order valence-electron chi connectivity index (χ1n) is 10.2. The molecule has 0 amide bonds. The lowest BCUT2D eigenvalue weighted by atomic mass is 9.68. The number of alkyl halides is 3. The summed E-state index contributed by atoms with van der Waals surface area (Å²) >= 11 is 0. The van der Waals surface area contributed by atoms with Crippen LogP contribution in [0.2, 0.25) is 0 Å². The quantitative estimate of drug-likeness (QED) is 0.553. The highest BCUT2D eigenvalue weighted by Crippen LogP contribution is 2.48. The molecule has 1 aromatic carbocycles. The molecular formula is C23H24F3NO5. The van der Waals surface area contributed by atoms with Crippen LogP contribution in [0.4, 0.5) is 13.2 Å². The summed E-state index contributed by atoms with van der Waals surface area (Å²) in [5, 5.41) is 3.01. The molecule has 0 aromatic heterocycles. The Labute approximate surface area is 183 Å². The number of halogens is 3. The van der Waals surface area contributed by atoms with Crippen LogP contribution in [-0.2, 0) is 30.0 Å². The number of allylic oxidation sites excluding steroid dienone is 3. The van der Waals surface area contributed by atoms with E-state index >= 15 is 0 Å². The van der Waals surface area contributed by atoms with Crippen LogP contribution in [0, 0.1) is 11.8 Å². The monoisotopic (exact) mass is 451 g/mol. The van der Waals surface area contributed by atoms with Gasteiger partial charge in [-0.2, -0.15) is 13.2 Å². The highest BCUT2D eigenvalue weighted by molar-refractivity contribution is 6.12. The molecule has 0 saturated carbocycles. The van der Waals surface area contributed by atoms with Gasteiger partial charge in [-0.25, -0.2) is 4.79 Å². The van der Waals surface area contributed by atoms with Gasteiger partial charge in [-0.15, -0.1) is 0 Å². The molecule has 32 heavy (non-hydrogen) atoms. The Bertz CT molecular complexity index is 1020. The second-order valence-corrected chi connectivity index (χ2v) is 7.84. The number of esters is 2. The van der Waals surface area contributed by atoms with E-state index in [1.165, 1.54) is 18.2 Å². The smallest absolute Gasteiger partial charge is 0.416 e. The fourth-order valence-corrected chi connectivity index (χ4v) is 4.48. The van der Waals surface area contributed by atoms with E-state index < -0.39 is 47.2 Å². The molecule has 0 radical (unpaired) electrons. The number of Topliss-reactive ketones (excluding diaryl/α,β-unsaturated/α-hetero) is 1. The van der Waals surface area contributed by atoms with Crippen LogP contribution in [0.3, 0.4) is 0 Å². The lowest BCUT2D eigenvalue weighted by Crippen LogP contribution is -2.43. The van der Waals surface area contributed by atoms with Gasteiger partial charge in [-0.3, -0.25) is 9.59 Å². The van der Waals surface area contributed by atoms with E-state index in [0.717, 1.165) is 13.2 Å². The zero-order valence-corrected chi connectivity index (χ0v) is 18.1. The molecule has 0 unspecified atom stereocenters. The van der Waals surface area contributed by atoms with Crippen molar-refractivity contribution in [3.63, 3.8) is 0 Å². The molecule has 1 aromatic rings. The van der Waals surface area contributed by atoms with Crippen LogP contribution >= 0.6 is 0 Å². The van der Waals surface area contributed by atoms with Crippen LogP contribution < -0.4 is 5.32 Å². The van der Waals surface area contributed by atoms with E-state index in [-0.39, 0.29) is 29.7 Å². The number of nitrogens with one attached hydrogen (secondary N) is 1. The second-order valence-electron chi connectivity index (χ2n) is 7.84. The molecule has 3 rings (SSSR count). The van der Waals surface area contributed by atoms with E-state index in [1.54, 1.807) is 20.8 Å². The van der Waals surface area contributed by atoms with Crippen LogP contribution in [0.1, 0.15) is 44.2 Å². The molecule has 1 N–H and O–H groups in total. The number of methoxy groups -OCH3 is 1. The second kappa shape index (κ2) is 8.80. The van der Waals surface area contributed by atoms with Crippen molar-refractivity contribution in [2.75, 3.05) is 13.7 Å². The molecular weight excluding hydrogens is 427 g/mol. The van der Waals surface area contributed by atoms with Gasteiger partial charge < -0.3 is 14.8 Å². The van der Waals surface area contributed by atoms with Crippen LogP contribution in [0.15, 0.2) is 46.8 Å². The number of benzene rings is 1. The van der Waals surface area contributed by atoms with Gasteiger partial charge in [0.05, 0.1) is 24.9 Å². The molecule has 1 aliphatic carbocycles. The molecule has 2 aliphatic rings. The van der Waals surface area contributed by atoms with Crippen molar-refractivity contribution < 1.29 is 37.0 Å². The largest absolute Gasteiger partial charge is 0.468 e. The third-order valence-electron chi connectivity index (χ3n) is 5.82. The van der Waals surface area contributed by atoms with Gasteiger partial charge in [-0.1, -0.05) is 25.1 Å². The topological polar surface area (TPSA) is 81.7 Å². The Morgan fingerprint density at radius 1 is 1.22 bits per heavy atom. The zero-order chi connectivity index (χ0) is 23.8. The van der Waals surface area contributed by atoms with Crippen LogP contribution in [0.25, 0.3) is 0 Å². The normalized spacial score (nSPS) is 23.5. The maximum absolute atomic E-state index is 13.9. The van der Waals surface area contributed by atoms with Crippen molar-refractivity contribution in [2.45, 2.75) is 39.3 Å². The molecule has 0 saturated heterocycles. The molecule has 1 heterocycles. The number of hydrogen-bond acceptors (Lipinski definition) is 6. The van der Waals surface area contributed by atoms with E-state index in [1.807, 2.05) is 0 Å². The Morgan fingerprint density at radius 2 is 1.88 bits per heavy atom. The number of dihydropyridines is 1. The molecule has 6 nitrogen and oxygen atoms in total. The summed E-state index contributed by atoms with van der Waals surface area (Å²) in [5.41, 5.74) is -0.633. The Balaban J connectivity index is 2.29. The third-order valence-corrected chi connectivity index (χ3v) is 5.82. The number of rotatable bonds is 4. The summed E-state index contributed by atoms with van der Waals surface area (Å²) in [5.74, 6) is -5.20. The average Bonchev–Trinajstić information content (AvgIpc) is 2.72. The Morgan fingerprint density at radius 3 is 2.47 bits per heavy atom. The molecule has 172 valence electrons. The number of ether oxygens (including phenoxy) is 2. The highest BCUT2D eigenvalue weighted by atomic mass is 19.4. The molecule has 3 atom stereocenters.